The number of benzene rings is 1. The minimum absolute atomic E-state index is 0.160. The monoisotopic (exact) mass is 485 g/mol. The molecule has 1 aliphatic rings. The molecule has 0 bridgehead atoms. The summed E-state index contributed by atoms with van der Waals surface area (Å²) in [4.78, 5) is 28.3. The molecule has 0 aliphatic heterocycles. The molecule has 1 aliphatic carbocycles. The first kappa shape index (κ1) is 23.3. The van der Waals surface area contributed by atoms with E-state index in [1.165, 1.54) is 35.1 Å². The maximum absolute atomic E-state index is 12.7. The molecule has 174 valence electrons. The molecule has 0 saturated heterocycles. The minimum atomic E-state index is -0.393. The molecular formula is C23H27N5O3S2. The van der Waals surface area contributed by atoms with E-state index >= 15 is 0 Å². The molecule has 3 aromatic rings. The van der Waals surface area contributed by atoms with Gasteiger partial charge in [-0.15, -0.1) is 21.5 Å². The second-order valence-electron chi connectivity index (χ2n) is 8.05. The van der Waals surface area contributed by atoms with Crippen LogP contribution in [0, 0.1) is 0 Å². The number of nitrogens with one attached hydrogen (secondary N) is 1. The highest BCUT2D eigenvalue weighted by Gasteiger charge is 2.27. The zero-order valence-electron chi connectivity index (χ0n) is 19.2. The topological polar surface area (TPSA) is 89.3 Å². The van der Waals surface area contributed by atoms with E-state index in [1.54, 1.807) is 0 Å². The zero-order valence-corrected chi connectivity index (χ0v) is 20.8. The Labute approximate surface area is 201 Å². The Balaban J connectivity index is 1.46. The van der Waals surface area contributed by atoms with E-state index < -0.39 is 5.97 Å². The van der Waals surface area contributed by atoms with Gasteiger partial charge in [0.2, 0.25) is 5.91 Å². The molecule has 1 aromatic carbocycles. The third-order valence-electron chi connectivity index (χ3n) is 5.60. The highest BCUT2D eigenvalue weighted by Crippen LogP contribution is 2.38. The molecule has 0 unspecified atom stereocenters. The predicted octanol–water partition coefficient (Wildman–Crippen LogP) is 4.01. The van der Waals surface area contributed by atoms with E-state index in [1.807, 2.05) is 48.8 Å². The number of esters is 1. The second kappa shape index (κ2) is 9.96. The summed E-state index contributed by atoms with van der Waals surface area (Å²) in [5, 5.41) is 12.7. The van der Waals surface area contributed by atoms with Gasteiger partial charge in [-0.1, -0.05) is 23.9 Å². The first-order valence-electron chi connectivity index (χ1n) is 10.7. The summed E-state index contributed by atoms with van der Waals surface area (Å²) in [7, 11) is 7.24. The summed E-state index contributed by atoms with van der Waals surface area (Å²) < 4.78 is 6.87. The van der Waals surface area contributed by atoms with Crippen LogP contribution >= 0.6 is 23.1 Å². The SMILES string of the molecule is COC(=O)c1c(NC(=O)CSc2nnc(-c3cccc(N(C)C)c3)n2C)sc2c1CCCC2. The van der Waals surface area contributed by atoms with Crippen molar-refractivity contribution in [3.05, 3.63) is 40.3 Å². The lowest BCUT2D eigenvalue weighted by Gasteiger charge is -2.13. The fourth-order valence-corrected chi connectivity index (χ4v) is 5.88. The molecule has 2 heterocycles. The highest BCUT2D eigenvalue weighted by molar-refractivity contribution is 7.99. The molecule has 10 heteroatoms. The van der Waals surface area contributed by atoms with Crippen LogP contribution in [0.2, 0.25) is 0 Å². The van der Waals surface area contributed by atoms with Crippen LogP contribution in [0.15, 0.2) is 29.4 Å². The van der Waals surface area contributed by atoms with Crippen molar-refractivity contribution in [1.82, 2.24) is 14.8 Å². The van der Waals surface area contributed by atoms with Gasteiger partial charge in [-0.2, -0.15) is 0 Å². The summed E-state index contributed by atoms with van der Waals surface area (Å²) in [6, 6.07) is 8.06. The smallest absolute Gasteiger partial charge is 0.341 e. The molecule has 0 saturated carbocycles. The summed E-state index contributed by atoms with van der Waals surface area (Å²) in [5.74, 6) is 0.311. The van der Waals surface area contributed by atoms with Crippen LogP contribution < -0.4 is 10.2 Å². The summed E-state index contributed by atoms with van der Waals surface area (Å²) in [6.45, 7) is 0. The second-order valence-corrected chi connectivity index (χ2v) is 10.1. The van der Waals surface area contributed by atoms with Crippen molar-refractivity contribution >= 4 is 45.7 Å². The van der Waals surface area contributed by atoms with Crippen LogP contribution in [-0.2, 0) is 29.4 Å². The molecule has 0 spiro atoms. The molecule has 33 heavy (non-hydrogen) atoms. The number of ether oxygens (including phenoxy) is 1. The number of nitrogens with zero attached hydrogens (tertiary/aromatic N) is 4. The van der Waals surface area contributed by atoms with Crippen molar-refractivity contribution < 1.29 is 14.3 Å². The number of fused-ring (bicyclic) bond motifs is 1. The highest BCUT2D eigenvalue weighted by atomic mass is 32.2. The number of thioether (sulfide) groups is 1. The number of anilines is 2. The third kappa shape index (κ3) is 4.91. The Hall–Kier alpha value is -2.85. The average Bonchev–Trinajstić information content (AvgIpc) is 3.36. The number of carbonyl (C=O) groups is 2. The molecule has 8 nitrogen and oxygen atoms in total. The van der Waals surface area contributed by atoms with Gasteiger partial charge >= 0.3 is 5.97 Å². The Morgan fingerprint density at radius 2 is 2.03 bits per heavy atom. The lowest BCUT2D eigenvalue weighted by atomic mass is 9.95. The van der Waals surface area contributed by atoms with Crippen molar-refractivity contribution in [3.8, 4) is 11.4 Å². The summed E-state index contributed by atoms with van der Waals surface area (Å²) in [6.07, 6.45) is 3.93. The molecule has 1 N–H and O–H groups in total. The van der Waals surface area contributed by atoms with Crippen molar-refractivity contribution in [2.75, 3.05) is 37.2 Å². The van der Waals surface area contributed by atoms with Crippen LogP contribution in [0.5, 0.6) is 0 Å². The van der Waals surface area contributed by atoms with E-state index in [2.05, 4.69) is 21.6 Å². The van der Waals surface area contributed by atoms with Crippen LogP contribution in [0.3, 0.4) is 0 Å². The number of rotatable bonds is 7. The van der Waals surface area contributed by atoms with Gasteiger partial charge in [0.25, 0.3) is 0 Å². The first-order valence-corrected chi connectivity index (χ1v) is 12.5. The summed E-state index contributed by atoms with van der Waals surface area (Å²) >= 11 is 2.80. The van der Waals surface area contributed by atoms with Crippen LogP contribution in [0.4, 0.5) is 10.7 Å². The fourth-order valence-electron chi connectivity index (χ4n) is 3.88. The van der Waals surface area contributed by atoms with E-state index in [4.69, 9.17) is 4.74 Å². The van der Waals surface area contributed by atoms with Gasteiger partial charge in [-0.3, -0.25) is 4.79 Å². The number of amides is 1. The van der Waals surface area contributed by atoms with Crippen molar-refractivity contribution in [1.29, 1.82) is 0 Å². The van der Waals surface area contributed by atoms with Gasteiger partial charge in [0.15, 0.2) is 11.0 Å². The number of methoxy groups -OCH3 is 1. The fraction of sp³-hybridized carbons (Fsp3) is 0.391. The normalized spacial score (nSPS) is 12.8. The molecule has 1 amide bonds. The summed E-state index contributed by atoms with van der Waals surface area (Å²) in [5.41, 5.74) is 3.57. The van der Waals surface area contributed by atoms with E-state index in [0.29, 0.717) is 15.7 Å². The van der Waals surface area contributed by atoms with Gasteiger partial charge < -0.3 is 19.5 Å². The van der Waals surface area contributed by atoms with Gasteiger partial charge in [0.1, 0.15) is 5.00 Å². The Kier molecular flexibility index (Phi) is 7.04. The van der Waals surface area contributed by atoms with Crippen LogP contribution in [-0.4, -0.2) is 53.6 Å². The number of hydrogen-bond acceptors (Lipinski definition) is 8. The predicted molar refractivity (Wildman–Crippen MR) is 132 cm³/mol. The lowest BCUT2D eigenvalue weighted by molar-refractivity contribution is -0.113. The van der Waals surface area contributed by atoms with E-state index in [-0.39, 0.29) is 11.7 Å². The molecule has 4 rings (SSSR count). The zero-order chi connectivity index (χ0) is 23.5. The standard InChI is InChI=1S/C23H27N5O3S2/c1-27(2)15-9-7-8-14(12-15)20-25-26-23(28(20)3)32-13-18(29)24-21-19(22(30)31-4)16-10-5-6-11-17(16)33-21/h7-9,12H,5-6,10-11,13H2,1-4H3,(H,24,29). The van der Waals surface area contributed by atoms with Crippen molar-refractivity contribution in [2.24, 2.45) is 7.05 Å². The Bertz CT molecular complexity index is 1180. The maximum Gasteiger partial charge on any atom is 0.341 e. The molecule has 0 atom stereocenters. The number of aromatic nitrogens is 3. The van der Waals surface area contributed by atoms with Gasteiger partial charge in [-0.25, -0.2) is 4.79 Å². The molecule has 0 radical (unpaired) electrons. The number of carbonyl (C=O) groups excluding carboxylic acids is 2. The average molecular weight is 486 g/mol. The molecular weight excluding hydrogens is 458 g/mol. The number of hydrogen-bond donors (Lipinski definition) is 1. The molecule has 2 aromatic heterocycles. The van der Waals surface area contributed by atoms with Gasteiger partial charge in [-0.05, 0) is 43.4 Å². The Morgan fingerprint density at radius 3 is 2.79 bits per heavy atom. The van der Waals surface area contributed by atoms with E-state index in [9.17, 15) is 9.59 Å². The van der Waals surface area contributed by atoms with Crippen molar-refractivity contribution in [2.45, 2.75) is 30.8 Å². The lowest BCUT2D eigenvalue weighted by Crippen LogP contribution is -2.17. The quantitative estimate of drug-likeness (QED) is 0.400. The Morgan fingerprint density at radius 1 is 1.24 bits per heavy atom. The van der Waals surface area contributed by atoms with Crippen LogP contribution in [0.25, 0.3) is 11.4 Å². The number of thiophene rings is 1. The largest absolute Gasteiger partial charge is 0.465 e. The third-order valence-corrected chi connectivity index (χ3v) is 7.83. The number of aryl methyl sites for hydroxylation is 1. The van der Waals surface area contributed by atoms with Crippen LogP contribution in [0.1, 0.15) is 33.6 Å². The molecule has 0 fully saturated rings. The van der Waals surface area contributed by atoms with Crippen molar-refractivity contribution in [3.63, 3.8) is 0 Å². The van der Waals surface area contributed by atoms with E-state index in [0.717, 1.165) is 48.3 Å². The first-order chi connectivity index (χ1) is 15.9. The van der Waals surface area contributed by atoms with Gasteiger partial charge in [0, 0.05) is 37.3 Å². The maximum atomic E-state index is 12.7. The van der Waals surface area contributed by atoms with Gasteiger partial charge in [0.05, 0.1) is 18.4 Å². The minimum Gasteiger partial charge on any atom is -0.465 e.